The van der Waals surface area contributed by atoms with Crippen molar-refractivity contribution in [1.82, 2.24) is 25.1 Å². The summed E-state index contributed by atoms with van der Waals surface area (Å²) in [6.07, 6.45) is 0. The molecule has 4 aromatic rings. The topological polar surface area (TPSA) is 111 Å². The number of aromatic amines is 1. The Hall–Kier alpha value is -3.88. The number of amides is 1. The molecule has 4 rings (SSSR count). The lowest BCUT2D eigenvalue weighted by Crippen LogP contribution is -2.28. The van der Waals surface area contributed by atoms with Gasteiger partial charge in [0.25, 0.3) is 11.5 Å². The number of H-pyrrole nitrogens is 1. The first-order valence-corrected chi connectivity index (χ1v) is 9.33. The minimum atomic E-state index is -0.496. The Morgan fingerprint density at radius 1 is 1.13 bits per heavy atom. The van der Waals surface area contributed by atoms with Crippen LogP contribution in [0.4, 0.5) is 0 Å². The van der Waals surface area contributed by atoms with Gasteiger partial charge >= 0.3 is 0 Å². The summed E-state index contributed by atoms with van der Waals surface area (Å²) >= 11 is 0. The summed E-state index contributed by atoms with van der Waals surface area (Å²) in [6.45, 7) is 3.75. The van der Waals surface area contributed by atoms with E-state index in [1.165, 1.54) is 4.52 Å². The molecule has 0 fully saturated rings. The highest BCUT2D eigenvalue weighted by Crippen LogP contribution is 2.30. The van der Waals surface area contributed by atoms with Gasteiger partial charge in [-0.05, 0) is 49.2 Å². The lowest BCUT2D eigenvalue weighted by atomic mass is 10.1. The van der Waals surface area contributed by atoms with E-state index in [4.69, 9.17) is 9.47 Å². The van der Waals surface area contributed by atoms with Crippen molar-refractivity contribution in [2.45, 2.75) is 19.9 Å². The maximum absolute atomic E-state index is 12.9. The lowest BCUT2D eigenvalue weighted by molar-refractivity contribution is 0.0936. The number of benzene rings is 2. The summed E-state index contributed by atoms with van der Waals surface area (Å²) in [5, 5.41) is 10.9. The summed E-state index contributed by atoms with van der Waals surface area (Å²) in [5.41, 5.74) is 2.74. The Balaban J connectivity index is 1.68. The zero-order valence-corrected chi connectivity index (χ0v) is 17.0. The van der Waals surface area contributed by atoms with Crippen LogP contribution in [0.3, 0.4) is 0 Å². The van der Waals surface area contributed by atoms with Gasteiger partial charge in [0.15, 0.2) is 22.7 Å². The second-order valence-corrected chi connectivity index (χ2v) is 6.98. The van der Waals surface area contributed by atoms with Crippen molar-refractivity contribution in [3.05, 3.63) is 63.6 Å². The molecular formula is C21H21N5O4. The van der Waals surface area contributed by atoms with E-state index in [9.17, 15) is 9.59 Å². The van der Waals surface area contributed by atoms with Gasteiger partial charge in [-0.2, -0.15) is 0 Å². The summed E-state index contributed by atoms with van der Waals surface area (Å²) in [7, 11) is 3.11. The van der Waals surface area contributed by atoms with Crippen LogP contribution in [0, 0.1) is 6.92 Å². The second kappa shape index (κ2) is 7.51. The van der Waals surface area contributed by atoms with Crippen molar-refractivity contribution in [3.8, 4) is 11.5 Å². The predicted molar refractivity (Wildman–Crippen MR) is 111 cm³/mol. The molecule has 0 aliphatic carbocycles. The minimum Gasteiger partial charge on any atom is -0.493 e. The largest absolute Gasteiger partial charge is 0.493 e. The van der Waals surface area contributed by atoms with E-state index in [1.54, 1.807) is 26.4 Å². The van der Waals surface area contributed by atoms with Gasteiger partial charge in [0, 0.05) is 0 Å². The van der Waals surface area contributed by atoms with E-state index in [1.807, 2.05) is 38.1 Å². The fourth-order valence-electron chi connectivity index (χ4n) is 3.39. The number of rotatable bonds is 5. The summed E-state index contributed by atoms with van der Waals surface area (Å²) < 4.78 is 12.0. The van der Waals surface area contributed by atoms with Crippen molar-refractivity contribution in [3.63, 3.8) is 0 Å². The van der Waals surface area contributed by atoms with Gasteiger partial charge in [0.05, 0.1) is 31.3 Å². The molecule has 1 amide bonds. The van der Waals surface area contributed by atoms with E-state index < -0.39 is 11.5 Å². The molecule has 9 heteroatoms. The van der Waals surface area contributed by atoms with Gasteiger partial charge < -0.3 is 19.8 Å². The van der Waals surface area contributed by atoms with Crippen molar-refractivity contribution in [2.75, 3.05) is 14.2 Å². The lowest BCUT2D eigenvalue weighted by Gasteiger charge is -2.16. The standard InChI is InChI=1S/C21H21N5O4/c1-11-5-7-15-14(9-11)23-21(28)19-18(24-25-26(15)19)20(27)22-12(2)13-6-8-16(29-3)17(10-13)30-4/h5-10,12H,1-4H3,(H,22,27)(H,23,28)/t12-/m0/s1. The monoisotopic (exact) mass is 407 g/mol. The number of carbonyl (C=O) groups excluding carboxylic acids is 1. The Morgan fingerprint density at radius 3 is 2.63 bits per heavy atom. The zero-order chi connectivity index (χ0) is 21.4. The van der Waals surface area contributed by atoms with Crippen LogP contribution in [0.2, 0.25) is 0 Å². The average molecular weight is 407 g/mol. The number of ether oxygens (including phenoxy) is 2. The Labute approximate surface area is 171 Å². The maximum Gasteiger partial charge on any atom is 0.277 e. The van der Waals surface area contributed by atoms with Crippen LogP contribution in [0.1, 0.15) is 34.6 Å². The molecule has 2 N–H and O–H groups in total. The van der Waals surface area contributed by atoms with Crippen LogP contribution in [0.25, 0.3) is 16.6 Å². The predicted octanol–water partition coefficient (Wildman–Crippen LogP) is 2.39. The van der Waals surface area contributed by atoms with Crippen LogP contribution >= 0.6 is 0 Å². The number of nitrogens with one attached hydrogen (secondary N) is 2. The Morgan fingerprint density at radius 2 is 1.90 bits per heavy atom. The van der Waals surface area contributed by atoms with Gasteiger partial charge in [0.1, 0.15) is 0 Å². The molecule has 2 aromatic carbocycles. The van der Waals surface area contributed by atoms with Crippen LogP contribution in [0.15, 0.2) is 41.2 Å². The van der Waals surface area contributed by atoms with Crippen LogP contribution in [-0.2, 0) is 0 Å². The van der Waals surface area contributed by atoms with E-state index in [0.29, 0.717) is 22.5 Å². The highest BCUT2D eigenvalue weighted by Gasteiger charge is 2.22. The fourth-order valence-corrected chi connectivity index (χ4v) is 3.39. The number of aryl methyl sites for hydroxylation is 1. The number of methoxy groups -OCH3 is 2. The van der Waals surface area contributed by atoms with Crippen molar-refractivity contribution in [1.29, 1.82) is 0 Å². The molecule has 30 heavy (non-hydrogen) atoms. The molecule has 0 unspecified atom stereocenters. The van der Waals surface area contributed by atoms with Crippen LogP contribution in [0.5, 0.6) is 11.5 Å². The van der Waals surface area contributed by atoms with E-state index in [-0.39, 0.29) is 17.3 Å². The highest BCUT2D eigenvalue weighted by atomic mass is 16.5. The number of fused-ring (bicyclic) bond motifs is 3. The second-order valence-electron chi connectivity index (χ2n) is 6.98. The molecule has 0 bridgehead atoms. The van der Waals surface area contributed by atoms with Gasteiger partial charge in [-0.25, -0.2) is 4.52 Å². The SMILES string of the molecule is COc1ccc([C@H](C)NC(=O)c2nnn3c2c(=O)[nH]c2cc(C)ccc23)cc1OC. The number of carbonyl (C=O) groups is 1. The Kier molecular flexibility index (Phi) is 4.86. The minimum absolute atomic E-state index is 0.0361. The van der Waals surface area contributed by atoms with Crippen LogP contribution < -0.4 is 20.3 Å². The van der Waals surface area contributed by atoms with E-state index >= 15 is 0 Å². The molecule has 154 valence electrons. The maximum atomic E-state index is 12.9. The summed E-state index contributed by atoms with van der Waals surface area (Å²) in [6, 6.07) is 10.6. The molecule has 0 saturated carbocycles. The van der Waals surface area contributed by atoms with Gasteiger partial charge in [-0.1, -0.05) is 17.3 Å². The average Bonchev–Trinajstić information content (AvgIpc) is 3.19. The Bertz CT molecular complexity index is 1320. The molecule has 9 nitrogen and oxygen atoms in total. The summed E-state index contributed by atoms with van der Waals surface area (Å²) in [4.78, 5) is 28.3. The molecule has 0 radical (unpaired) electrons. The third-order valence-corrected chi connectivity index (χ3v) is 4.98. The first kappa shape index (κ1) is 19.4. The molecule has 0 aliphatic rings. The molecular weight excluding hydrogens is 386 g/mol. The van der Waals surface area contributed by atoms with Gasteiger partial charge in [-0.3, -0.25) is 9.59 Å². The molecule has 0 saturated heterocycles. The smallest absolute Gasteiger partial charge is 0.277 e. The number of hydrogen-bond donors (Lipinski definition) is 2. The van der Waals surface area contributed by atoms with Gasteiger partial charge in [0.2, 0.25) is 0 Å². The van der Waals surface area contributed by atoms with Crippen molar-refractivity contribution in [2.24, 2.45) is 0 Å². The first-order valence-electron chi connectivity index (χ1n) is 9.33. The molecule has 0 aliphatic heterocycles. The van der Waals surface area contributed by atoms with Gasteiger partial charge in [-0.15, -0.1) is 5.10 Å². The molecule has 0 spiro atoms. The van der Waals surface area contributed by atoms with Crippen molar-refractivity contribution < 1.29 is 14.3 Å². The third-order valence-electron chi connectivity index (χ3n) is 4.98. The summed E-state index contributed by atoms with van der Waals surface area (Å²) in [5.74, 6) is 0.658. The van der Waals surface area contributed by atoms with Crippen molar-refractivity contribution >= 4 is 22.5 Å². The number of aromatic nitrogens is 4. The molecule has 1 atom stereocenters. The van der Waals surface area contributed by atoms with Crippen LogP contribution in [-0.4, -0.2) is 39.9 Å². The molecule has 2 heterocycles. The quantitative estimate of drug-likeness (QED) is 0.526. The number of nitrogens with zero attached hydrogens (tertiary/aromatic N) is 3. The van der Waals surface area contributed by atoms with E-state index in [2.05, 4.69) is 20.6 Å². The first-order chi connectivity index (χ1) is 14.4. The number of hydrogen-bond acceptors (Lipinski definition) is 6. The fraction of sp³-hybridized carbons (Fsp3) is 0.238. The van der Waals surface area contributed by atoms with E-state index in [0.717, 1.165) is 11.1 Å². The third kappa shape index (κ3) is 3.24. The molecule has 2 aromatic heterocycles. The zero-order valence-electron chi connectivity index (χ0n) is 17.0. The highest BCUT2D eigenvalue weighted by molar-refractivity contribution is 5.99. The normalized spacial score (nSPS) is 12.1.